The van der Waals surface area contributed by atoms with E-state index in [9.17, 15) is 17.6 Å². The first kappa shape index (κ1) is 22.5. The van der Waals surface area contributed by atoms with Crippen LogP contribution >= 0.6 is 0 Å². The fourth-order valence-corrected chi connectivity index (χ4v) is 6.46. The van der Waals surface area contributed by atoms with Crippen LogP contribution in [-0.2, 0) is 16.4 Å². The zero-order valence-electron chi connectivity index (χ0n) is 19.0. The van der Waals surface area contributed by atoms with Crippen molar-refractivity contribution in [2.24, 2.45) is 5.41 Å². The average Bonchev–Trinajstić information content (AvgIpc) is 3.58. The summed E-state index contributed by atoms with van der Waals surface area (Å²) in [6.07, 6.45) is 8.42. The van der Waals surface area contributed by atoms with Crippen molar-refractivity contribution < 1.29 is 17.6 Å². The molecule has 0 radical (unpaired) electrons. The van der Waals surface area contributed by atoms with E-state index in [0.29, 0.717) is 12.1 Å². The Balaban J connectivity index is 1.46. The van der Waals surface area contributed by atoms with Gasteiger partial charge in [0.2, 0.25) is 0 Å². The molecule has 9 nitrogen and oxygen atoms in total. The zero-order valence-corrected chi connectivity index (χ0v) is 19.8. The predicted octanol–water partition coefficient (Wildman–Crippen LogP) is 3.03. The normalized spacial score (nSPS) is 19.9. The summed E-state index contributed by atoms with van der Waals surface area (Å²) in [5.41, 5.74) is 2.24. The molecule has 0 amide bonds. The number of ketones is 1. The van der Waals surface area contributed by atoms with Crippen molar-refractivity contribution in [2.75, 3.05) is 13.1 Å². The van der Waals surface area contributed by atoms with Crippen LogP contribution in [-0.4, -0.2) is 56.3 Å². The minimum absolute atomic E-state index is 0.0371. The molecule has 4 heterocycles. The Morgan fingerprint density at radius 2 is 1.94 bits per heavy atom. The smallest absolute Gasteiger partial charge is 0.262 e. The lowest BCUT2D eigenvalue weighted by molar-refractivity contribution is 0.0770. The molecule has 6 rings (SSSR count). The van der Waals surface area contributed by atoms with E-state index >= 15 is 0 Å². The van der Waals surface area contributed by atoms with Crippen LogP contribution in [0, 0.1) is 11.2 Å². The van der Waals surface area contributed by atoms with Crippen molar-refractivity contribution >= 4 is 21.9 Å². The maximum atomic E-state index is 14.0. The van der Waals surface area contributed by atoms with E-state index in [4.69, 9.17) is 0 Å². The van der Waals surface area contributed by atoms with Gasteiger partial charge in [-0.15, -0.1) is 0 Å². The van der Waals surface area contributed by atoms with Crippen molar-refractivity contribution in [3.05, 3.63) is 95.7 Å². The van der Waals surface area contributed by atoms with Crippen LogP contribution in [0.5, 0.6) is 0 Å². The van der Waals surface area contributed by atoms with Crippen molar-refractivity contribution in [1.29, 1.82) is 0 Å². The largest absolute Gasteiger partial charge is 0.350 e. The molecular formula is C25H21FN6O3S. The number of aromatic nitrogens is 5. The summed E-state index contributed by atoms with van der Waals surface area (Å²) in [6, 6.07) is 11.1. The Morgan fingerprint density at radius 3 is 2.67 bits per heavy atom. The van der Waals surface area contributed by atoms with Crippen LogP contribution in [0.3, 0.4) is 0 Å². The van der Waals surface area contributed by atoms with E-state index in [0.717, 1.165) is 16.8 Å². The molecule has 1 N–H and O–H groups in total. The van der Waals surface area contributed by atoms with Crippen molar-refractivity contribution in [2.45, 2.75) is 17.9 Å². The van der Waals surface area contributed by atoms with E-state index < -0.39 is 15.4 Å². The Morgan fingerprint density at radius 1 is 1.11 bits per heavy atom. The molecule has 1 fully saturated rings. The van der Waals surface area contributed by atoms with Crippen molar-refractivity contribution in [1.82, 2.24) is 29.0 Å². The summed E-state index contributed by atoms with van der Waals surface area (Å²) in [6.45, 7) is 0.170. The first-order valence-electron chi connectivity index (χ1n) is 11.4. The maximum absolute atomic E-state index is 14.0. The number of benzene rings is 1. The average molecular weight is 505 g/mol. The highest BCUT2D eigenvalue weighted by molar-refractivity contribution is 7.89. The molecule has 2 aliphatic rings. The Bertz CT molecular complexity index is 1580. The van der Waals surface area contributed by atoms with Gasteiger partial charge in [-0.2, -0.15) is 9.40 Å². The van der Waals surface area contributed by atoms with Gasteiger partial charge in [0.25, 0.3) is 10.0 Å². The number of carbonyl (C=O) groups excluding carboxylic acids is 1. The van der Waals surface area contributed by atoms with Gasteiger partial charge in [0.15, 0.2) is 10.8 Å². The van der Waals surface area contributed by atoms with E-state index in [1.807, 2.05) is 6.08 Å². The number of nitrogens with one attached hydrogen (secondary N) is 1. The minimum atomic E-state index is -3.91. The van der Waals surface area contributed by atoms with Gasteiger partial charge >= 0.3 is 0 Å². The molecule has 3 aromatic heterocycles. The molecule has 1 saturated heterocycles. The topological polar surface area (TPSA) is 114 Å². The summed E-state index contributed by atoms with van der Waals surface area (Å²) in [4.78, 5) is 24.9. The molecule has 36 heavy (non-hydrogen) atoms. The second-order valence-electron chi connectivity index (χ2n) is 8.91. The fourth-order valence-electron chi connectivity index (χ4n) is 5.07. The second-order valence-corrected chi connectivity index (χ2v) is 10.8. The third kappa shape index (κ3) is 3.50. The number of nitrogens with zero attached hydrogens (tertiary/aromatic N) is 5. The lowest BCUT2D eigenvalue weighted by atomic mass is 9.65. The Kier molecular flexibility index (Phi) is 5.20. The first-order valence-corrected chi connectivity index (χ1v) is 12.8. The number of piperidine rings is 1. The number of halogens is 1. The van der Waals surface area contributed by atoms with Crippen LogP contribution in [0.25, 0.3) is 11.8 Å². The SMILES string of the molecule is O=C(c1ccccn1)[C@]12Cc3cnn(-c4ccc(F)cc4)c3C=C1CCN(S(=O)(=O)c1c[nH]cn1)C2. The lowest BCUT2D eigenvalue weighted by Crippen LogP contribution is -2.53. The molecule has 1 aliphatic heterocycles. The highest BCUT2D eigenvalue weighted by atomic mass is 32.2. The first-order chi connectivity index (χ1) is 17.4. The Labute approximate surface area is 206 Å². The van der Waals surface area contributed by atoms with Gasteiger partial charge in [-0.05, 0) is 60.9 Å². The summed E-state index contributed by atoms with van der Waals surface area (Å²) in [7, 11) is -3.91. The number of sulfonamides is 1. The summed E-state index contributed by atoms with van der Waals surface area (Å²) < 4.78 is 43.2. The standard InChI is InChI=1S/C25H21FN6O3S/c26-19-4-6-20(7-5-19)32-22-11-18-8-10-31(36(34,35)23-14-27-16-29-23)15-25(18,12-17(22)13-30-32)24(33)21-3-1-2-9-28-21/h1-7,9,11,13-14,16H,8,10,12,15H2,(H,27,29)/t25-/m0/s1. The number of hydrogen-bond donors (Lipinski definition) is 1. The number of H-pyrrole nitrogens is 1. The molecule has 182 valence electrons. The molecule has 1 aromatic carbocycles. The molecule has 1 aliphatic carbocycles. The monoisotopic (exact) mass is 504 g/mol. The van der Waals surface area contributed by atoms with Crippen LogP contribution in [0.2, 0.25) is 0 Å². The third-order valence-electron chi connectivity index (χ3n) is 6.86. The van der Waals surface area contributed by atoms with Gasteiger partial charge in [-0.1, -0.05) is 11.6 Å². The highest BCUT2D eigenvalue weighted by Gasteiger charge is 2.51. The van der Waals surface area contributed by atoms with Gasteiger partial charge in [0.1, 0.15) is 11.5 Å². The molecule has 0 spiro atoms. The number of hydrogen-bond acceptors (Lipinski definition) is 6. The molecule has 0 bridgehead atoms. The summed E-state index contributed by atoms with van der Waals surface area (Å²) in [5, 5.41) is 4.42. The van der Waals surface area contributed by atoms with E-state index in [1.54, 1.807) is 47.4 Å². The molecular weight excluding hydrogens is 483 g/mol. The van der Waals surface area contributed by atoms with Crippen molar-refractivity contribution in [3.63, 3.8) is 0 Å². The lowest BCUT2D eigenvalue weighted by Gasteiger charge is -2.44. The quantitative estimate of drug-likeness (QED) is 0.418. The van der Waals surface area contributed by atoms with Crippen LogP contribution in [0.1, 0.15) is 28.2 Å². The van der Waals surface area contributed by atoms with E-state index in [-0.39, 0.29) is 41.8 Å². The maximum Gasteiger partial charge on any atom is 0.262 e. The number of fused-ring (bicyclic) bond motifs is 2. The van der Waals surface area contributed by atoms with E-state index in [2.05, 4.69) is 20.1 Å². The van der Waals surface area contributed by atoms with Crippen LogP contribution in [0.4, 0.5) is 4.39 Å². The molecule has 0 unspecified atom stereocenters. The summed E-state index contributed by atoms with van der Waals surface area (Å²) in [5.74, 6) is -0.583. The van der Waals surface area contributed by atoms with Gasteiger partial charge in [-0.3, -0.25) is 9.78 Å². The number of Topliss-reactive ketones (excluding diaryl/α,β-unsaturated/α-hetero) is 1. The third-order valence-corrected chi connectivity index (χ3v) is 8.60. The van der Waals surface area contributed by atoms with E-state index in [1.165, 1.54) is 29.0 Å². The van der Waals surface area contributed by atoms with Gasteiger partial charge in [-0.25, -0.2) is 22.5 Å². The minimum Gasteiger partial charge on any atom is -0.350 e. The predicted molar refractivity (Wildman–Crippen MR) is 128 cm³/mol. The van der Waals surface area contributed by atoms with Gasteiger partial charge in [0.05, 0.1) is 29.3 Å². The number of aromatic amines is 1. The fraction of sp³-hybridized carbons (Fsp3) is 0.200. The number of rotatable bonds is 5. The van der Waals surface area contributed by atoms with Crippen LogP contribution < -0.4 is 0 Å². The molecule has 0 saturated carbocycles. The molecule has 1 atom stereocenters. The second kappa shape index (κ2) is 8.32. The van der Waals surface area contributed by atoms with Gasteiger partial charge < -0.3 is 4.98 Å². The zero-order chi connectivity index (χ0) is 24.9. The highest BCUT2D eigenvalue weighted by Crippen LogP contribution is 2.47. The Hall–Kier alpha value is -3.96. The molecule has 4 aromatic rings. The number of imidazole rings is 1. The van der Waals surface area contributed by atoms with Crippen molar-refractivity contribution in [3.8, 4) is 5.69 Å². The number of carbonyl (C=O) groups is 1. The number of pyridine rings is 1. The summed E-state index contributed by atoms with van der Waals surface area (Å²) >= 11 is 0. The van der Waals surface area contributed by atoms with Crippen LogP contribution in [0.15, 0.2) is 78.0 Å². The molecule has 11 heteroatoms. The van der Waals surface area contributed by atoms with Gasteiger partial charge in [0, 0.05) is 25.5 Å².